The molecular formula is C14H25FN6OU. The van der Waals surface area contributed by atoms with Crippen LogP contribution >= 0.6 is 0 Å². The van der Waals surface area contributed by atoms with Gasteiger partial charge in [0.1, 0.15) is 0 Å². The number of carbonyl (C=O) groups is 1. The number of nitrogens with zero attached hydrogens (tertiary/aromatic N) is 3. The molecule has 2 saturated heterocycles. The van der Waals surface area contributed by atoms with Gasteiger partial charge in [-0.2, -0.15) is 6.67 Å². The van der Waals surface area contributed by atoms with E-state index in [1.54, 1.807) is 0 Å². The van der Waals surface area contributed by atoms with Gasteiger partial charge in [0.15, 0.2) is 0 Å². The first-order chi connectivity index (χ1) is 10.7. The molecule has 0 saturated carbocycles. The van der Waals surface area contributed by atoms with E-state index in [0.29, 0.717) is 32.4 Å². The number of piperazine rings is 1. The molecule has 2 aliphatic heterocycles. The summed E-state index contributed by atoms with van der Waals surface area (Å²) in [6, 6.07) is 0.291. The molecule has 0 aromatic rings. The molecular weight excluding hydrogens is 525 g/mol. The third-order valence-electron chi connectivity index (χ3n) is 4.05. The summed E-state index contributed by atoms with van der Waals surface area (Å²) in [7, 11) is 0. The Balaban J connectivity index is 0.00000264. The molecule has 2 rings (SSSR count). The number of piperidine rings is 1. The number of halogens is 1. The van der Waals surface area contributed by atoms with E-state index < -0.39 is 0 Å². The molecule has 0 aromatic carbocycles. The van der Waals surface area contributed by atoms with Crippen LogP contribution in [0.5, 0.6) is 0 Å². The van der Waals surface area contributed by atoms with Gasteiger partial charge >= 0.3 is 31.1 Å². The zero-order valence-electron chi connectivity index (χ0n) is 13.4. The fourth-order valence-electron chi connectivity index (χ4n) is 2.78. The first kappa shape index (κ1) is 20.7. The van der Waals surface area contributed by atoms with E-state index in [9.17, 15) is 9.18 Å². The van der Waals surface area contributed by atoms with Crippen molar-refractivity contribution in [1.29, 1.82) is 0 Å². The molecule has 0 radical (unpaired) electrons. The zero-order valence-corrected chi connectivity index (χ0v) is 17.5. The quantitative estimate of drug-likeness (QED) is 0.287. The number of rotatable bonds is 5. The summed E-state index contributed by atoms with van der Waals surface area (Å²) in [5, 5.41) is 6.36. The van der Waals surface area contributed by atoms with E-state index in [0.717, 1.165) is 39.0 Å². The third-order valence-corrected chi connectivity index (χ3v) is 4.05. The van der Waals surface area contributed by atoms with Crippen LogP contribution in [-0.2, 0) is 4.79 Å². The Morgan fingerprint density at radius 3 is 2.57 bits per heavy atom. The minimum atomic E-state index is -0.0717. The first-order valence-electron chi connectivity index (χ1n) is 7.84. The fraction of sp³-hybridized carbons (Fsp3) is 0.786. The van der Waals surface area contributed by atoms with Gasteiger partial charge in [0.25, 0.3) is 0 Å². The van der Waals surface area contributed by atoms with Crippen molar-refractivity contribution in [2.24, 2.45) is 4.99 Å². The molecule has 0 atom stereocenters. The summed E-state index contributed by atoms with van der Waals surface area (Å²) in [6.45, 7) is 5.43. The summed E-state index contributed by atoms with van der Waals surface area (Å²) < 4.78 is 11.9. The van der Waals surface area contributed by atoms with Gasteiger partial charge in [-0.05, 0) is 39.0 Å². The Morgan fingerprint density at radius 1 is 1.30 bits per heavy atom. The van der Waals surface area contributed by atoms with E-state index in [1.807, 2.05) is 4.90 Å². The van der Waals surface area contributed by atoms with Gasteiger partial charge < -0.3 is 30.6 Å². The predicted molar refractivity (Wildman–Crippen MR) is 84.1 cm³/mol. The van der Waals surface area contributed by atoms with Gasteiger partial charge in [-0.3, -0.25) is 9.69 Å². The van der Waals surface area contributed by atoms with Crippen LogP contribution in [0.2, 0.25) is 0 Å². The van der Waals surface area contributed by atoms with Crippen molar-refractivity contribution in [3.8, 4) is 0 Å². The van der Waals surface area contributed by atoms with Crippen molar-refractivity contribution in [3.05, 3.63) is 12.4 Å². The van der Waals surface area contributed by atoms with Crippen LogP contribution in [0.1, 0.15) is 12.8 Å². The molecule has 2 fully saturated rings. The molecule has 0 aromatic heterocycles. The van der Waals surface area contributed by atoms with Crippen LogP contribution in [0.15, 0.2) is 4.99 Å². The van der Waals surface area contributed by atoms with Gasteiger partial charge in [-0.1, -0.05) is 0 Å². The molecule has 0 spiro atoms. The van der Waals surface area contributed by atoms with Crippen molar-refractivity contribution in [2.45, 2.75) is 18.9 Å². The molecule has 7 nitrogen and oxygen atoms in total. The van der Waals surface area contributed by atoms with Gasteiger partial charge in [-0.25, -0.2) is 0 Å². The summed E-state index contributed by atoms with van der Waals surface area (Å²) in [4.78, 5) is 19.7. The molecule has 2 aliphatic rings. The predicted octanol–water partition coefficient (Wildman–Crippen LogP) is 0.0117. The van der Waals surface area contributed by atoms with Crippen molar-refractivity contribution in [3.63, 3.8) is 0 Å². The molecule has 128 valence electrons. The smallest absolute Gasteiger partial charge is 0.459 e. The summed E-state index contributed by atoms with van der Waals surface area (Å²) in [6.07, 6.45) is 1.98. The topological polar surface area (TPSA) is 83.8 Å². The Bertz CT molecular complexity index is 383. The summed E-state index contributed by atoms with van der Waals surface area (Å²) in [5.41, 5.74) is 7.73. The number of amides is 1. The van der Waals surface area contributed by atoms with Crippen molar-refractivity contribution >= 4 is 11.9 Å². The Hall–Kier alpha value is -0.358. The number of hydrogen-bond donors (Lipinski definition) is 2. The average molecular weight is 550 g/mol. The van der Waals surface area contributed by atoms with Crippen LogP contribution in [0.3, 0.4) is 0 Å². The molecule has 23 heavy (non-hydrogen) atoms. The maximum atomic E-state index is 12.0. The van der Waals surface area contributed by atoms with Crippen LogP contribution < -0.4 is 10.6 Å². The standard InChI is InChI=1S/C14H26FN6O.U/c15-3-6-18-14(16)21-9-7-20(8-10-21)11-13(22)19-12-1-4-17-5-2-12;/h3,12,17H,1-2,4-11H2,(H3,16,18,19,22);/q-1;+2/p-1. The van der Waals surface area contributed by atoms with Gasteiger partial charge in [0, 0.05) is 25.1 Å². The van der Waals surface area contributed by atoms with Crippen molar-refractivity contribution in [2.75, 3.05) is 52.4 Å². The molecule has 2 heterocycles. The Kier molecular flexibility index (Phi) is 10.1. The SMILES string of the molecule is [NH-]C(=NC[CH-]F)N1CCN(CC(=O)NC2CCNCC2)CC1.[U+2]. The third kappa shape index (κ3) is 7.38. The average Bonchev–Trinajstić information content (AvgIpc) is 2.54. The van der Waals surface area contributed by atoms with E-state index in [-0.39, 0.29) is 49.5 Å². The second-order valence-corrected chi connectivity index (χ2v) is 5.67. The number of carbonyl (C=O) groups excluding carboxylic acids is 1. The van der Waals surface area contributed by atoms with Gasteiger partial charge in [0.2, 0.25) is 5.91 Å². The van der Waals surface area contributed by atoms with E-state index >= 15 is 0 Å². The molecule has 1 amide bonds. The van der Waals surface area contributed by atoms with Crippen LogP contribution in [0, 0.1) is 37.8 Å². The molecule has 0 bridgehead atoms. The summed E-state index contributed by atoms with van der Waals surface area (Å²) >= 11 is 0. The maximum Gasteiger partial charge on any atom is 2.00 e. The zero-order chi connectivity index (χ0) is 15.8. The first-order valence-corrected chi connectivity index (χ1v) is 7.84. The van der Waals surface area contributed by atoms with E-state index in [1.165, 1.54) is 0 Å². The second-order valence-electron chi connectivity index (χ2n) is 5.67. The Labute approximate surface area is 161 Å². The van der Waals surface area contributed by atoms with Gasteiger partial charge in [0.05, 0.1) is 6.54 Å². The normalized spacial score (nSPS) is 20.9. The molecule has 0 aliphatic carbocycles. The Morgan fingerprint density at radius 2 is 1.96 bits per heavy atom. The van der Waals surface area contributed by atoms with E-state index in [2.05, 4.69) is 20.5 Å². The minimum Gasteiger partial charge on any atom is -0.459 e. The minimum absolute atomic E-state index is 0. The fourth-order valence-corrected chi connectivity index (χ4v) is 2.78. The number of guanidine groups is 1. The maximum absolute atomic E-state index is 12.0. The molecule has 9 heteroatoms. The number of hydrogen-bond acceptors (Lipinski definition) is 4. The second kappa shape index (κ2) is 11.2. The molecule has 3 N–H and O–H groups in total. The summed E-state index contributed by atoms with van der Waals surface area (Å²) in [5.74, 6) is 0.194. The van der Waals surface area contributed by atoms with Crippen molar-refractivity contribution in [1.82, 2.24) is 20.4 Å². The van der Waals surface area contributed by atoms with Crippen LogP contribution in [0.25, 0.3) is 5.73 Å². The monoisotopic (exact) mass is 550 g/mol. The number of aliphatic imine (C=N–C) groups is 1. The van der Waals surface area contributed by atoms with Gasteiger partial charge in [-0.15, -0.1) is 6.54 Å². The van der Waals surface area contributed by atoms with Crippen LogP contribution in [-0.4, -0.2) is 80.1 Å². The molecule has 0 unspecified atom stereocenters. The van der Waals surface area contributed by atoms with Crippen molar-refractivity contribution < 1.29 is 40.3 Å². The number of nitrogens with one attached hydrogen (secondary N) is 3. The largest absolute Gasteiger partial charge is 2.00 e. The van der Waals surface area contributed by atoms with E-state index in [4.69, 9.17) is 5.73 Å². The van der Waals surface area contributed by atoms with Crippen LogP contribution in [0.4, 0.5) is 4.39 Å².